The summed E-state index contributed by atoms with van der Waals surface area (Å²) in [6.45, 7) is 1.72. The molecule has 1 saturated heterocycles. The average molecular weight is 252 g/mol. The van der Waals surface area contributed by atoms with Gasteiger partial charge in [-0.1, -0.05) is 0 Å². The third-order valence-corrected chi connectivity index (χ3v) is 3.13. The van der Waals surface area contributed by atoms with Crippen LogP contribution in [0.2, 0.25) is 0 Å². The van der Waals surface area contributed by atoms with Crippen molar-refractivity contribution in [3.8, 4) is 0 Å². The molecule has 18 heavy (non-hydrogen) atoms. The Bertz CT molecular complexity index is 429. The molecule has 1 fully saturated rings. The van der Waals surface area contributed by atoms with E-state index in [2.05, 4.69) is 0 Å². The third-order valence-electron chi connectivity index (χ3n) is 3.13. The van der Waals surface area contributed by atoms with E-state index >= 15 is 0 Å². The first kappa shape index (κ1) is 12.6. The van der Waals surface area contributed by atoms with Gasteiger partial charge in [0.05, 0.1) is 19.2 Å². The molecule has 1 amide bonds. The molecule has 0 radical (unpaired) electrons. The highest BCUT2D eigenvalue weighted by molar-refractivity contribution is 5.86. The van der Waals surface area contributed by atoms with Crippen LogP contribution in [0.15, 0.2) is 22.8 Å². The minimum absolute atomic E-state index is 0.143. The van der Waals surface area contributed by atoms with Crippen LogP contribution in [-0.4, -0.2) is 53.0 Å². The highest BCUT2D eigenvalue weighted by Gasteiger charge is 2.34. The summed E-state index contributed by atoms with van der Waals surface area (Å²) >= 11 is 0. The van der Waals surface area contributed by atoms with Crippen LogP contribution in [0, 0.1) is 0 Å². The van der Waals surface area contributed by atoms with E-state index in [1.165, 1.54) is 0 Å². The number of rotatable bonds is 4. The van der Waals surface area contributed by atoms with Gasteiger partial charge in [-0.25, -0.2) is 0 Å². The van der Waals surface area contributed by atoms with E-state index in [0.29, 0.717) is 19.6 Å². The lowest BCUT2D eigenvalue weighted by molar-refractivity contribution is -0.148. The molecular weight excluding hydrogens is 236 g/mol. The van der Waals surface area contributed by atoms with E-state index in [1.807, 2.05) is 11.0 Å². The summed E-state index contributed by atoms with van der Waals surface area (Å²) < 4.78 is 5.24. The summed E-state index contributed by atoms with van der Waals surface area (Å²) in [5.41, 5.74) is 0. The number of nitrogens with zero attached hydrogens (tertiary/aromatic N) is 2. The van der Waals surface area contributed by atoms with Crippen LogP contribution in [0.3, 0.4) is 0 Å². The molecule has 0 aromatic carbocycles. The fourth-order valence-corrected chi connectivity index (χ4v) is 2.13. The molecular formula is C12H16N2O4. The van der Waals surface area contributed by atoms with Gasteiger partial charge in [0.15, 0.2) is 0 Å². The molecule has 6 nitrogen and oxygen atoms in total. The number of aliphatic carboxylic acids is 1. The van der Waals surface area contributed by atoms with Crippen molar-refractivity contribution in [2.75, 3.05) is 20.1 Å². The lowest BCUT2D eigenvalue weighted by atomic mass is 10.1. The quantitative estimate of drug-likeness (QED) is 0.839. The lowest BCUT2D eigenvalue weighted by Crippen LogP contribution is -2.55. The summed E-state index contributed by atoms with van der Waals surface area (Å²) in [5.74, 6) is -0.369. The van der Waals surface area contributed by atoms with Crippen molar-refractivity contribution < 1.29 is 19.1 Å². The monoisotopic (exact) mass is 252 g/mol. The number of carbonyl (C=O) groups excluding carboxylic acids is 1. The van der Waals surface area contributed by atoms with Gasteiger partial charge in [-0.05, 0) is 12.1 Å². The fourth-order valence-electron chi connectivity index (χ4n) is 2.13. The number of hydrogen-bond donors (Lipinski definition) is 1. The molecule has 1 aromatic heterocycles. The van der Waals surface area contributed by atoms with E-state index < -0.39 is 12.0 Å². The molecule has 0 spiro atoms. The first-order valence-corrected chi connectivity index (χ1v) is 5.81. The van der Waals surface area contributed by atoms with E-state index in [1.54, 1.807) is 24.3 Å². The van der Waals surface area contributed by atoms with Gasteiger partial charge < -0.3 is 14.4 Å². The van der Waals surface area contributed by atoms with Gasteiger partial charge in [0.2, 0.25) is 5.91 Å². The summed E-state index contributed by atoms with van der Waals surface area (Å²) in [7, 11) is 1.70. The maximum atomic E-state index is 12.0. The molecule has 2 rings (SSSR count). The van der Waals surface area contributed by atoms with Crippen LogP contribution in [0.5, 0.6) is 0 Å². The second kappa shape index (κ2) is 5.22. The molecule has 1 aromatic rings. The van der Waals surface area contributed by atoms with Crippen molar-refractivity contribution in [3.63, 3.8) is 0 Å². The zero-order valence-electron chi connectivity index (χ0n) is 10.2. The predicted molar refractivity (Wildman–Crippen MR) is 62.8 cm³/mol. The SMILES string of the molecule is CN1CCN(Cc2ccco2)C(CC(=O)O)C1=O. The molecule has 1 atom stereocenters. The van der Waals surface area contributed by atoms with Gasteiger partial charge in [-0.2, -0.15) is 0 Å². The summed E-state index contributed by atoms with van der Waals surface area (Å²) in [6.07, 6.45) is 1.39. The number of piperazine rings is 1. The van der Waals surface area contributed by atoms with Crippen LogP contribution in [0.25, 0.3) is 0 Å². The van der Waals surface area contributed by atoms with Gasteiger partial charge in [-0.15, -0.1) is 0 Å². The Kier molecular flexibility index (Phi) is 3.66. The molecule has 1 N–H and O–H groups in total. The Labute approximate surface area is 105 Å². The Morgan fingerprint density at radius 2 is 2.33 bits per heavy atom. The van der Waals surface area contributed by atoms with E-state index in [4.69, 9.17) is 9.52 Å². The zero-order chi connectivity index (χ0) is 13.1. The molecule has 1 aliphatic rings. The molecule has 2 heterocycles. The fraction of sp³-hybridized carbons (Fsp3) is 0.500. The Morgan fingerprint density at radius 1 is 1.56 bits per heavy atom. The third kappa shape index (κ3) is 2.70. The maximum Gasteiger partial charge on any atom is 0.305 e. The van der Waals surface area contributed by atoms with Crippen molar-refractivity contribution in [1.29, 1.82) is 0 Å². The van der Waals surface area contributed by atoms with Gasteiger partial charge in [-0.3, -0.25) is 14.5 Å². The number of likely N-dealkylation sites (N-methyl/N-ethyl adjacent to an activating group) is 1. The van der Waals surface area contributed by atoms with Crippen LogP contribution < -0.4 is 0 Å². The van der Waals surface area contributed by atoms with E-state index in [9.17, 15) is 9.59 Å². The highest BCUT2D eigenvalue weighted by Crippen LogP contribution is 2.17. The molecule has 98 valence electrons. The number of carbonyl (C=O) groups is 2. The topological polar surface area (TPSA) is 74.0 Å². The van der Waals surface area contributed by atoms with Crippen molar-refractivity contribution in [1.82, 2.24) is 9.80 Å². The largest absolute Gasteiger partial charge is 0.481 e. The zero-order valence-corrected chi connectivity index (χ0v) is 10.2. The van der Waals surface area contributed by atoms with Gasteiger partial charge in [0.25, 0.3) is 0 Å². The van der Waals surface area contributed by atoms with Crippen LogP contribution in [0.1, 0.15) is 12.2 Å². The van der Waals surface area contributed by atoms with Crippen molar-refractivity contribution in [3.05, 3.63) is 24.2 Å². The number of carboxylic acids is 1. The van der Waals surface area contributed by atoms with Crippen LogP contribution >= 0.6 is 0 Å². The molecule has 1 aliphatic heterocycles. The van der Waals surface area contributed by atoms with Crippen molar-refractivity contribution >= 4 is 11.9 Å². The predicted octanol–water partition coefficient (Wildman–Crippen LogP) is 0.397. The molecule has 0 saturated carbocycles. The van der Waals surface area contributed by atoms with E-state index in [-0.39, 0.29) is 12.3 Å². The van der Waals surface area contributed by atoms with Gasteiger partial charge >= 0.3 is 5.97 Å². The number of amides is 1. The Balaban J connectivity index is 2.10. The summed E-state index contributed by atoms with van der Waals surface area (Å²) in [5, 5.41) is 8.89. The molecule has 0 aliphatic carbocycles. The van der Waals surface area contributed by atoms with Gasteiger partial charge in [0.1, 0.15) is 11.8 Å². The Hall–Kier alpha value is -1.82. The summed E-state index contributed by atoms with van der Waals surface area (Å²) in [6, 6.07) is 2.99. The average Bonchev–Trinajstić information content (AvgIpc) is 2.81. The van der Waals surface area contributed by atoms with Crippen LogP contribution in [-0.2, 0) is 16.1 Å². The molecule has 1 unspecified atom stereocenters. The first-order valence-electron chi connectivity index (χ1n) is 5.81. The smallest absolute Gasteiger partial charge is 0.305 e. The summed E-state index contributed by atoms with van der Waals surface area (Å²) in [4.78, 5) is 26.3. The number of hydrogen-bond acceptors (Lipinski definition) is 4. The Morgan fingerprint density at radius 3 is 2.94 bits per heavy atom. The minimum atomic E-state index is -0.965. The normalized spacial score (nSPS) is 21.3. The van der Waals surface area contributed by atoms with Crippen molar-refractivity contribution in [2.45, 2.75) is 19.0 Å². The minimum Gasteiger partial charge on any atom is -0.481 e. The first-order chi connectivity index (χ1) is 8.58. The second-order valence-corrected chi connectivity index (χ2v) is 4.42. The number of carboxylic acid groups (broad SMARTS) is 1. The van der Waals surface area contributed by atoms with E-state index in [0.717, 1.165) is 5.76 Å². The van der Waals surface area contributed by atoms with Gasteiger partial charge in [0, 0.05) is 20.1 Å². The second-order valence-electron chi connectivity index (χ2n) is 4.42. The maximum absolute atomic E-state index is 12.0. The van der Waals surface area contributed by atoms with Crippen LogP contribution in [0.4, 0.5) is 0 Å². The highest BCUT2D eigenvalue weighted by atomic mass is 16.4. The number of furan rings is 1. The standard InChI is InChI=1S/C12H16N2O4/c1-13-4-5-14(8-9-3-2-6-18-9)10(12(13)17)7-11(15)16/h2-3,6,10H,4-5,7-8H2,1H3,(H,15,16). The molecule has 6 heteroatoms. The lowest BCUT2D eigenvalue weighted by Gasteiger charge is -2.38. The molecule has 0 bridgehead atoms. The van der Waals surface area contributed by atoms with Crippen molar-refractivity contribution in [2.24, 2.45) is 0 Å².